The van der Waals surface area contributed by atoms with Gasteiger partial charge in [0.2, 0.25) is 0 Å². The molecule has 22 heavy (non-hydrogen) atoms. The molecule has 4 nitrogen and oxygen atoms in total. The zero-order valence-electron chi connectivity index (χ0n) is 14.4. The Hall–Kier alpha value is -1.62. The maximum absolute atomic E-state index is 13.3. The molecule has 1 aromatic rings. The van der Waals surface area contributed by atoms with Gasteiger partial charge in [0.1, 0.15) is 5.82 Å². The molecule has 0 saturated heterocycles. The van der Waals surface area contributed by atoms with Gasteiger partial charge in [0.25, 0.3) is 0 Å². The van der Waals surface area contributed by atoms with Gasteiger partial charge in [-0.1, -0.05) is 12.1 Å². The van der Waals surface area contributed by atoms with E-state index in [9.17, 15) is 4.39 Å². The molecule has 0 amide bonds. The Bertz CT molecular complexity index is 480. The van der Waals surface area contributed by atoms with Crippen molar-refractivity contribution >= 4 is 5.96 Å². The molecule has 0 fully saturated rings. The average molecular weight is 308 g/mol. The summed E-state index contributed by atoms with van der Waals surface area (Å²) in [5, 5.41) is 6.68. The summed E-state index contributed by atoms with van der Waals surface area (Å²) in [4.78, 5) is 6.62. The summed E-state index contributed by atoms with van der Waals surface area (Å²) in [6.45, 7) is 11.4. The van der Waals surface area contributed by atoms with E-state index >= 15 is 0 Å². The van der Waals surface area contributed by atoms with Crippen molar-refractivity contribution < 1.29 is 4.39 Å². The second-order valence-corrected chi connectivity index (χ2v) is 6.40. The Labute approximate surface area is 133 Å². The Balaban J connectivity index is 2.60. The summed E-state index contributed by atoms with van der Waals surface area (Å²) in [7, 11) is 1.96. The molecule has 0 saturated carbocycles. The molecule has 0 aromatic heterocycles. The first-order valence-electron chi connectivity index (χ1n) is 7.80. The van der Waals surface area contributed by atoms with E-state index in [-0.39, 0.29) is 11.4 Å². The number of hydrogen-bond acceptors (Lipinski definition) is 2. The number of halogens is 1. The second kappa shape index (κ2) is 8.73. The number of hydrogen-bond donors (Lipinski definition) is 2. The number of aliphatic imine (C=N–C) groups is 1. The van der Waals surface area contributed by atoms with Gasteiger partial charge in [-0.15, -0.1) is 0 Å². The first-order valence-corrected chi connectivity index (χ1v) is 7.80. The van der Waals surface area contributed by atoms with Gasteiger partial charge in [0, 0.05) is 32.2 Å². The average Bonchev–Trinajstić information content (AvgIpc) is 2.41. The van der Waals surface area contributed by atoms with Crippen molar-refractivity contribution in [2.24, 2.45) is 4.99 Å². The van der Waals surface area contributed by atoms with E-state index in [1.807, 2.05) is 24.9 Å². The highest BCUT2D eigenvalue weighted by Crippen LogP contribution is 2.06. The summed E-state index contributed by atoms with van der Waals surface area (Å²) < 4.78 is 13.3. The van der Waals surface area contributed by atoms with Crippen LogP contribution in [0, 0.1) is 5.82 Å². The summed E-state index contributed by atoms with van der Waals surface area (Å²) in [6.07, 6.45) is 0. The van der Waals surface area contributed by atoms with Crippen LogP contribution >= 0.6 is 0 Å². The lowest BCUT2D eigenvalue weighted by Gasteiger charge is -2.23. The van der Waals surface area contributed by atoms with Crippen LogP contribution < -0.4 is 10.6 Å². The summed E-state index contributed by atoms with van der Waals surface area (Å²) in [5.74, 6) is 0.629. The lowest BCUT2D eigenvalue weighted by molar-refractivity contribution is 0.430. The molecule has 1 rings (SSSR count). The predicted octanol–water partition coefficient (Wildman–Crippen LogP) is 2.61. The Morgan fingerprint density at radius 3 is 2.64 bits per heavy atom. The molecule has 0 radical (unpaired) electrons. The van der Waals surface area contributed by atoms with Gasteiger partial charge < -0.3 is 15.5 Å². The Kier molecular flexibility index (Phi) is 7.32. The number of nitrogens with one attached hydrogen (secondary N) is 2. The molecule has 0 aliphatic carbocycles. The summed E-state index contributed by atoms with van der Waals surface area (Å²) >= 11 is 0. The highest BCUT2D eigenvalue weighted by Gasteiger charge is 2.09. The molecular weight excluding hydrogens is 279 g/mol. The lowest BCUT2D eigenvalue weighted by atomic mass is 10.1. The monoisotopic (exact) mass is 308 g/mol. The van der Waals surface area contributed by atoms with E-state index in [2.05, 4.69) is 36.4 Å². The largest absolute Gasteiger partial charge is 0.357 e. The fourth-order valence-corrected chi connectivity index (χ4v) is 2.05. The van der Waals surface area contributed by atoms with Crippen LogP contribution in [0.1, 0.15) is 33.3 Å². The van der Waals surface area contributed by atoms with Crippen molar-refractivity contribution in [3.8, 4) is 0 Å². The molecule has 5 heteroatoms. The fourth-order valence-electron chi connectivity index (χ4n) is 2.05. The van der Waals surface area contributed by atoms with Crippen molar-refractivity contribution in [2.45, 2.75) is 39.8 Å². The minimum absolute atomic E-state index is 0.0985. The maximum atomic E-state index is 13.3. The normalized spacial score (nSPS) is 12.4. The predicted molar refractivity (Wildman–Crippen MR) is 91.6 cm³/mol. The van der Waals surface area contributed by atoms with E-state index in [1.54, 1.807) is 12.1 Å². The molecule has 1 aromatic carbocycles. The minimum Gasteiger partial charge on any atom is -0.357 e. The van der Waals surface area contributed by atoms with E-state index in [0.717, 1.165) is 24.6 Å². The van der Waals surface area contributed by atoms with E-state index in [1.165, 1.54) is 6.07 Å². The van der Waals surface area contributed by atoms with Crippen LogP contribution in [0.3, 0.4) is 0 Å². The third kappa shape index (κ3) is 7.41. The van der Waals surface area contributed by atoms with Crippen LogP contribution in [0.5, 0.6) is 0 Å². The second-order valence-electron chi connectivity index (χ2n) is 6.40. The van der Waals surface area contributed by atoms with Gasteiger partial charge in [-0.3, -0.25) is 4.99 Å². The first kappa shape index (κ1) is 18.4. The van der Waals surface area contributed by atoms with Gasteiger partial charge in [0.05, 0.1) is 6.54 Å². The van der Waals surface area contributed by atoms with Gasteiger partial charge in [-0.25, -0.2) is 4.39 Å². The first-order chi connectivity index (χ1) is 10.3. The van der Waals surface area contributed by atoms with E-state index in [0.29, 0.717) is 13.1 Å². The Morgan fingerprint density at radius 1 is 1.32 bits per heavy atom. The lowest BCUT2D eigenvalue weighted by Crippen LogP contribution is -2.40. The molecule has 0 heterocycles. The smallest absolute Gasteiger partial charge is 0.194 e. The number of benzene rings is 1. The Morgan fingerprint density at radius 2 is 2.05 bits per heavy atom. The van der Waals surface area contributed by atoms with Crippen molar-refractivity contribution in [1.82, 2.24) is 15.5 Å². The van der Waals surface area contributed by atoms with Crippen molar-refractivity contribution in [1.29, 1.82) is 0 Å². The van der Waals surface area contributed by atoms with Crippen LogP contribution in [0.4, 0.5) is 4.39 Å². The number of nitrogens with zero attached hydrogens (tertiary/aromatic N) is 2. The molecular formula is C17H29FN4. The fraction of sp³-hybridized carbons (Fsp3) is 0.588. The molecule has 0 aliphatic heterocycles. The number of guanidine groups is 1. The SMILES string of the molecule is CCNC(=NCCNC(C)(C)C)N(C)Cc1cccc(F)c1. The summed E-state index contributed by atoms with van der Waals surface area (Å²) in [5.41, 5.74) is 1.03. The minimum atomic E-state index is -0.206. The molecule has 0 bridgehead atoms. The highest BCUT2D eigenvalue weighted by atomic mass is 19.1. The third-order valence-corrected chi connectivity index (χ3v) is 3.03. The third-order valence-electron chi connectivity index (χ3n) is 3.03. The van der Waals surface area contributed by atoms with Crippen LogP contribution in [-0.2, 0) is 6.54 Å². The van der Waals surface area contributed by atoms with Crippen molar-refractivity contribution in [3.63, 3.8) is 0 Å². The van der Waals surface area contributed by atoms with Gasteiger partial charge in [0.15, 0.2) is 5.96 Å². The van der Waals surface area contributed by atoms with Crippen LogP contribution in [0.2, 0.25) is 0 Å². The van der Waals surface area contributed by atoms with Gasteiger partial charge >= 0.3 is 0 Å². The van der Waals surface area contributed by atoms with E-state index < -0.39 is 0 Å². The van der Waals surface area contributed by atoms with Gasteiger partial charge in [-0.2, -0.15) is 0 Å². The molecule has 2 N–H and O–H groups in total. The van der Waals surface area contributed by atoms with Crippen LogP contribution in [-0.4, -0.2) is 43.1 Å². The van der Waals surface area contributed by atoms with Gasteiger partial charge in [-0.05, 0) is 45.4 Å². The van der Waals surface area contributed by atoms with Crippen molar-refractivity contribution in [2.75, 3.05) is 26.7 Å². The standard InChI is InChI=1S/C17H29FN4/c1-6-19-16(20-10-11-21-17(2,3)4)22(5)13-14-8-7-9-15(18)12-14/h7-9,12,21H,6,10-11,13H2,1-5H3,(H,19,20). The molecule has 0 aliphatic rings. The molecule has 0 spiro atoms. The molecule has 0 unspecified atom stereocenters. The topological polar surface area (TPSA) is 39.7 Å². The van der Waals surface area contributed by atoms with Crippen LogP contribution in [0.15, 0.2) is 29.3 Å². The zero-order chi connectivity index (χ0) is 16.6. The van der Waals surface area contributed by atoms with Crippen LogP contribution in [0.25, 0.3) is 0 Å². The summed E-state index contributed by atoms with van der Waals surface area (Å²) in [6, 6.07) is 6.67. The highest BCUT2D eigenvalue weighted by molar-refractivity contribution is 5.79. The van der Waals surface area contributed by atoms with E-state index in [4.69, 9.17) is 0 Å². The van der Waals surface area contributed by atoms with Crippen molar-refractivity contribution in [3.05, 3.63) is 35.6 Å². The number of rotatable bonds is 6. The molecule has 124 valence electrons. The maximum Gasteiger partial charge on any atom is 0.194 e. The zero-order valence-corrected chi connectivity index (χ0v) is 14.4. The quantitative estimate of drug-likeness (QED) is 0.482. The molecule has 0 atom stereocenters.